The van der Waals surface area contributed by atoms with Crippen LogP contribution in [0.25, 0.3) is 0 Å². The predicted octanol–water partition coefficient (Wildman–Crippen LogP) is 2.72. The van der Waals surface area contributed by atoms with E-state index in [-0.39, 0.29) is 17.5 Å². The number of furan rings is 1. The first-order valence-corrected chi connectivity index (χ1v) is 7.47. The number of carbonyl (C=O) groups is 2. The van der Waals surface area contributed by atoms with Gasteiger partial charge in [0.05, 0.1) is 0 Å². The van der Waals surface area contributed by atoms with Crippen molar-refractivity contribution in [2.45, 2.75) is 12.5 Å². The van der Waals surface area contributed by atoms with Gasteiger partial charge in [0.15, 0.2) is 10.4 Å². The SMILES string of the molecule is O=C(N[C@@H]1CCN(c2ccc(F)cc2)C1=O)c1ccc(Br)o1. The molecule has 2 amide bonds. The van der Waals surface area contributed by atoms with Gasteiger partial charge in [-0.25, -0.2) is 4.39 Å². The van der Waals surface area contributed by atoms with Crippen molar-refractivity contribution < 1.29 is 18.4 Å². The number of rotatable bonds is 3. The molecule has 22 heavy (non-hydrogen) atoms. The molecule has 0 saturated carbocycles. The first kappa shape index (κ1) is 14.8. The quantitative estimate of drug-likeness (QED) is 0.908. The molecule has 2 heterocycles. The Hall–Kier alpha value is -2.15. The van der Waals surface area contributed by atoms with Crippen molar-refractivity contribution in [1.29, 1.82) is 0 Å². The third-order valence-electron chi connectivity index (χ3n) is 3.45. The molecular formula is C15H12BrFN2O3. The fourth-order valence-electron chi connectivity index (χ4n) is 2.36. The Labute approximate surface area is 134 Å². The van der Waals surface area contributed by atoms with Gasteiger partial charge in [-0.1, -0.05) is 0 Å². The molecule has 0 unspecified atom stereocenters. The molecule has 0 bridgehead atoms. The lowest BCUT2D eigenvalue weighted by atomic mass is 10.2. The summed E-state index contributed by atoms with van der Waals surface area (Å²) in [7, 11) is 0. The minimum absolute atomic E-state index is 0.139. The van der Waals surface area contributed by atoms with Crippen LogP contribution in [0.4, 0.5) is 10.1 Å². The first-order valence-electron chi connectivity index (χ1n) is 6.68. The summed E-state index contributed by atoms with van der Waals surface area (Å²) in [6.07, 6.45) is 0.490. The Morgan fingerprint density at radius 3 is 2.64 bits per heavy atom. The number of amides is 2. The highest BCUT2D eigenvalue weighted by atomic mass is 79.9. The fraction of sp³-hybridized carbons (Fsp3) is 0.200. The molecule has 1 aliphatic heterocycles. The van der Waals surface area contributed by atoms with Crippen molar-refractivity contribution in [1.82, 2.24) is 5.32 Å². The van der Waals surface area contributed by atoms with E-state index >= 15 is 0 Å². The van der Waals surface area contributed by atoms with Crippen LogP contribution in [0.5, 0.6) is 0 Å². The molecule has 1 aromatic carbocycles. The standard InChI is InChI=1S/C15H12BrFN2O3/c16-13-6-5-12(22-13)14(20)18-11-7-8-19(15(11)21)10-3-1-9(17)2-4-10/h1-6,11H,7-8H2,(H,18,20)/t11-/m1/s1. The zero-order valence-corrected chi connectivity index (χ0v) is 13.0. The average molecular weight is 367 g/mol. The van der Waals surface area contributed by atoms with Gasteiger partial charge in [0.25, 0.3) is 5.91 Å². The lowest BCUT2D eigenvalue weighted by Crippen LogP contribution is -2.41. The fourth-order valence-corrected chi connectivity index (χ4v) is 2.66. The van der Waals surface area contributed by atoms with Gasteiger partial charge in [-0.15, -0.1) is 0 Å². The predicted molar refractivity (Wildman–Crippen MR) is 81.0 cm³/mol. The van der Waals surface area contributed by atoms with Gasteiger partial charge in [-0.05, 0) is 58.7 Å². The number of hydrogen-bond acceptors (Lipinski definition) is 3. The highest BCUT2D eigenvalue weighted by Gasteiger charge is 2.34. The molecule has 1 saturated heterocycles. The number of nitrogens with one attached hydrogen (secondary N) is 1. The molecule has 5 nitrogen and oxygen atoms in total. The topological polar surface area (TPSA) is 62.6 Å². The van der Waals surface area contributed by atoms with Gasteiger partial charge in [-0.2, -0.15) is 0 Å². The summed E-state index contributed by atoms with van der Waals surface area (Å²) < 4.78 is 18.5. The molecule has 7 heteroatoms. The van der Waals surface area contributed by atoms with Crippen LogP contribution in [0.3, 0.4) is 0 Å². The number of nitrogens with zero attached hydrogens (tertiary/aromatic N) is 1. The molecule has 2 aromatic rings. The number of benzene rings is 1. The summed E-state index contributed by atoms with van der Waals surface area (Å²) in [4.78, 5) is 25.9. The molecular weight excluding hydrogens is 355 g/mol. The van der Waals surface area contributed by atoms with Crippen molar-refractivity contribution in [3.05, 3.63) is 52.6 Å². The van der Waals surface area contributed by atoms with Gasteiger partial charge in [0, 0.05) is 12.2 Å². The Morgan fingerprint density at radius 1 is 1.27 bits per heavy atom. The van der Waals surface area contributed by atoms with Crippen molar-refractivity contribution in [2.24, 2.45) is 0 Å². The summed E-state index contributed by atoms with van der Waals surface area (Å²) in [5.74, 6) is -0.876. The van der Waals surface area contributed by atoms with Crippen LogP contribution < -0.4 is 10.2 Å². The molecule has 0 aliphatic carbocycles. The largest absolute Gasteiger partial charge is 0.444 e. The molecule has 3 rings (SSSR count). The molecule has 1 fully saturated rings. The average Bonchev–Trinajstić information content (AvgIpc) is 3.08. The number of halogens is 2. The molecule has 1 aromatic heterocycles. The van der Waals surface area contributed by atoms with Crippen LogP contribution in [-0.4, -0.2) is 24.4 Å². The van der Waals surface area contributed by atoms with E-state index in [2.05, 4.69) is 21.2 Å². The maximum absolute atomic E-state index is 12.9. The van der Waals surface area contributed by atoms with Gasteiger partial charge in [-0.3, -0.25) is 9.59 Å². The minimum Gasteiger partial charge on any atom is -0.444 e. The Balaban J connectivity index is 1.68. The molecule has 1 aliphatic rings. The summed E-state index contributed by atoms with van der Waals surface area (Å²) in [6, 6.07) is 8.21. The van der Waals surface area contributed by atoms with E-state index < -0.39 is 11.9 Å². The first-order chi connectivity index (χ1) is 10.5. The van der Waals surface area contributed by atoms with Gasteiger partial charge in [0.1, 0.15) is 11.9 Å². The lowest BCUT2D eigenvalue weighted by molar-refractivity contribution is -0.118. The minimum atomic E-state index is -0.610. The number of carbonyl (C=O) groups excluding carboxylic acids is 2. The van der Waals surface area contributed by atoms with E-state index in [1.165, 1.54) is 23.1 Å². The zero-order valence-electron chi connectivity index (χ0n) is 11.4. The molecule has 1 N–H and O–H groups in total. The van der Waals surface area contributed by atoms with Crippen molar-refractivity contribution in [2.75, 3.05) is 11.4 Å². The molecule has 0 spiro atoms. The van der Waals surface area contributed by atoms with Crippen LogP contribution in [-0.2, 0) is 4.79 Å². The lowest BCUT2D eigenvalue weighted by Gasteiger charge is -2.17. The van der Waals surface area contributed by atoms with E-state index in [1.807, 2.05) is 0 Å². The number of anilines is 1. The second kappa shape index (κ2) is 5.92. The Morgan fingerprint density at radius 2 is 2.00 bits per heavy atom. The normalized spacial score (nSPS) is 17.8. The van der Waals surface area contributed by atoms with Crippen molar-refractivity contribution in [3.8, 4) is 0 Å². The van der Waals surface area contributed by atoms with Crippen LogP contribution in [0, 0.1) is 5.82 Å². The van der Waals surface area contributed by atoms with Crippen molar-refractivity contribution >= 4 is 33.4 Å². The van der Waals surface area contributed by atoms with E-state index in [1.54, 1.807) is 18.2 Å². The smallest absolute Gasteiger partial charge is 0.287 e. The Bertz CT molecular complexity index is 714. The van der Waals surface area contributed by atoms with Crippen LogP contribution in [0.2, 0.25) is 0 Å². The summed E-state index contributed by atoms with van der Waals surface area (Å²) in [5.41, 5.74) is 0.615. The third-order valence-corrected chi connectivity index (χ3v) is 3.87. The summed E-state index contributed by atoms with van der Waals surface area (Å²) in [6.45, 7) is 0.470. The highest BCUT2D eigenvalue weighted by molar-refractivity contribution is 9.10. The third kappa shape index (κ3) is 2.89. The van der Waals surface area contributed by atoms with Gasteiger partial charge < -0.3 is 14.6 Å². The second-order valence-electron chi connectivity index (χ2n) is 4.88. The van der Waals surface area contributed by atoms with E-state index in [0.717, 1.165) is 0 Å². The second-order valence-corrected chi connectivity index (χ2v) is 5.67. The van der Waals surface area contributed by atoms with E-state index in [9.17, 15) is 14.0 Å². The summed E-state index contributed by atoms with van der Waals surface area (Å²) >= 11 is 3.12. The number of hydrogen-bond donors (Lipinski definition) is 1. The highest BCUT2D eigenvalue weighted by Crippen LogP contribution is 2.22. The monoisotopic (exact) mass is 366 g/mol. The van der Waals surface area contributed by atoms with E-state index in [4.69, 9.17) is 4.42 Å². The maximum atomic E-state index is 12.9. The van der Waals surface area contributed by atoms with Gasteiger partial charge in [0.2, 0.25) is 5.91 Å². The zero-order chi connectivity index (χ0) is 15.7. The van der Waals surface area contributed by atoms with Crippen LogP contribution in [0.15, 0.2) is 45.5 Å². The summed E-state index contributed by atoms with van der Waals surface area (Å²) in [5, 5.41) is 2.65. The molecule has 1 atom stereocenters. The molecule has 114 valence electrons. The maximum Gasteiger partial charge on any atom is 0.287 e. The molecule has 0 radical (unpaired) electrons. The van der Waals surface area contributed by atoms with E-state index in [0.29, 0.717) is 23.3 Å². The Kier molecular flexibility index (Phi) is 3.98. The van der Waals surface area contributed by atoms with Gasteiger partial charge >= 0.3 is 0 Å². The van der Waals surface area contributed by atoms with Crippen LogP contribution in [0.1, 0.15) is 17.0 Å². The van der Waals surface area contributed by atoms with Crippen molar-refractivity contribution in [3.63, 3.8) is 0 Å². The van der Waals surface area contributed by atoms with Crippen LogP contribution >= 0.6 is 15.9 Å².